The Hall–Kier alpha value is -2.46. The summed E-state index contributed by atoms with van der Waals surface area (Å²) in [5.41, 5.74) is 3.28. The van der Waals surface area contributed by atoms with Crippen LogP contribution in [0.15, 0.2) is 48.5 Å². The van der Waals surface area contributed by atoms with Crippen LogP contribution >= 0.6 is 0 Å². The predicted molar refractivity (Wildman–Crippen MR) is 80.1 cm³/mol. The number of amides is 1. The molecule has 1 N–H and O–H groups in total. The van der Waals surface area contributed by atoms with E-state index in [0.717, 1.165) is 22.4 Å². The Bertz CT molecular complexity index is 709. The number of carbonyl (C=O) groups is 2. The first kappa shape index (κ1) is 13.5. The van der Waals surface area contributed by atoms with Gasteiger partial charge in [0.25, 0.3) is 0 Å². The van der Waals surface area contributed by atoms with Crippen molar-refractivity contribution in [2.24, 2.45) is 0 Å². The Kier molecular flexibility index (Phi) is 3.54. The smallest absolute Gasteiger partial charge is 0.239 e. The van der Waals surface area contributed by atoms with Gasteiger partial charge in [0.1, 0.15) is 12.5 Å². The highest BCUT2D eigenvalue weighted by molar-refractivity contribution is 6.15. The molecule has 0 bridgehead atoms. The number of para-hydroxylation sites is 1. The van der Waals surface area contributed by atoms with Crippen molar-refractivity contribution in [2.45, 2.75) is 5.92 Å². The average Bonchev–Trinajstić information content (AvgIpc) is 2.61. The second kappa shape index (κ2) is 5.50. The molecular weight excluding hydrogens is 266 g/mol. The van der Waals surface area contributed by atoms with E-state index in [1.807, 2.05) is 48.5 Å². The SMILES string of the molecule is COCC(=O)C1C(=O)Nc2ccccc2-c2ccccc21. The van der Waals surface area contributed by atoms with Gasteiger partial charge in [0, 0.05) is 18.4 Å². The van der Waals surface area contributed by atoms with Crippen molar-refractivity contribution in [3.05, 3.63) is 54.1 Å². The first-order valence-electron chi connectivity index (χ1n) is 6.73. The minimum absolute atomic E-state index is 0.0806. The minimum Gasteiger partial charge on any atom is -0.377 e. The number of methoxy groups -OCH3 is 1. The van der Waals surface area contributed by atoms with E-state index in [0.29, 0.717) is 0 Å². The summed E-state index contributed by atoms with van der Waals surface area (Å²) in [6, 6.07) is 15.1. The molecule has 3 rings (SSSR count). The maximum atomic E-state index is 12.5. The van der Waals surface area contributed by atoms with Crippen molar-refractivity contribution in [2.75, 3.05) is 19.0 Å². The molecule has 4 heteroatoms. The number of carbonyl (C=O) groups excluding carboxylic acids is 2. The van der Waals surface area contributed by atoms with E-state index in [9.17, 15) is 9.59 Å². The lowest BCUT2D eigenvalue weighted by molar-refractivity contribution is -0.130. The van der Waals surface area contributed by atoms with Gasteiger partial charge in [-0.15, -0.1) is 0 Å². The summed E-state index contributed by atoms with van der Waals surface area (Å²) in [6.07, 6.45) is 0. The highest BCUT2D eigenvalue weighted by Gasteiger charge is 2.33. The van der Waals surface area contributed by atoms with Crippen molar-refractivity contribution in [1.29, 1.82) is 0 Å². The quantitative estimate of drug-likeness (QED) is 0.880. The van der Waals surface area contributed by atoms with Gasteiger partial charge in [-0.2, -0.15) is 0 Å². The fourth-order valence-corrected chi connectivity index (χ4v) is 2.71. The molecule has 106 valence electrons. The average molecular weight is 281 g/mol. The van der Waals surface area contributed by atoms with Gasteiger partial charge in [-0.1, -0.05) is 42.5 Å². The summed E-state index contributed by atoms with van der Waals surface area (Å²) in [6.45, 7) is -0.0806. The highest BCUT2D eigenvalue weighted by Crippen LogP contribution is 2.38. The van der Waals surface area contributed by atoms with Crippen LogP contribution < -0.4 is 5.32 Å². The number of fused-ring (bicyclic) bond motifs is 3. The molecule has 1 unspecified atom stereocenters. The largest absolute Gasteiger partial charge is 0.377 e. The Morgan fingerprint density at radius 3 is 2.52 bits per heavy atom. The molecule has 4 nitrogen and oxygen atoms in total. The van der Waals surface area contributed by atoms with Gasteiger partial charge in [-0.3, -0.25) is 9.59 Å². The number of ether oxygens (including phenoxy) is 1. The van der Waals surface area contributed by atoms with Crippen molar-refractivity contribution >= 4 is 17.4 Å². The number of benzene rings is 2. The lowest BCUT2D eigenvalue weighted by Crippen LogP contribution is -2.29. The molecule has 0 saturated heterocycles. The first-order valence-corrected chi connectivity index (χ1v) is 6.73. The Morgan fingerprint density at radius 1 is 1.10 bits per heavy atom. The predicted octanol–water partition coefficient (Wildman–Crippen LogP) is 2.60. The van der Waals surface area contributed by atoms with Gasteiger partial charge in [-0.05, 0) is 17.2 Å². The minimum atomic E-state index is -0.839. The van der Waals surface area contributed by atoms with Gasteiger partial charge >= 0.3 is 0 Å². The van der Waals surface area contributed by atoms with E-state index >= 15 is 0 Å². The number of Topliss-reactive ketones (excluding diaryl/α,β-unsaturated/α-hetero) is 1. The second-order valence-electron chi connectivity index (χ2n) is 4.95. The molecule has 0 saturated carbocycles. The summed E-state index contributed by atoms with van der Waals surface area (Å²) in [5, 5.41) is 2.84. The standard InChI is InChI=1S/C17H15NO3/c1-21-10-15(19)16-13-8-3-2-6-11(13)12-7-4-5-9-14(12)18-17(16)20/h2-9,16H,10H2,1H3,(H,18,20). The molecule has 0 aromatic heterocycles. The number of rotatable bonds is 3. The van der Waals surface area contributed by atoms with Crippen molar-refractivity contribution in [3.63, 3.8) is 0 Å². The van der Waals surface area contributed by atoms with E-state index < -0.39 is 5.92 Å². The van der Waals surface area contributed by atoms with Crippen LogP contribution in [0.4, 0.5) is 5.69 Å². The lowest BCUT2D eigenvalue weighted by atomic mass is 9.88. The van der Waals surface area contributed by atoms with Crippen LogP contribution in [0.1, 0.15) is 11.5 Å². The molecule has 21 heavy (non-hydrogen) atoms. The van der Waals surface area contributed by atoms with Gasteiger partial charge in [0.05, 0.1) is 0 Å². The monoisotopic (exact) mass is 281 g/mol. The van der Waals surface area contributed by atoms with Crippen LogP contribution in [-0.2, 0) is 14.3 Å². The third-order valence-corrected chi connectivity index (χ3v) is 3.62. The van der Waals surface area contributed by atoms with Crippen LogP contribution in [0, 0.1) is 0 Å². The summed E-state index contributed by atoms with van der Waals surface area (Å²) < 4.78 is 4.91. The van der Waals surface area contributed by atoms with Gasteiger partial charge < -0.3 is 10.1 Å². The molecule has 0 radical (unpaired) electrons. The fourth-order valence-electron chi connectivity index (χ4n) is 2.71. The Morgan fingerprint density at radius 2 is 1.76 bits per heavy atom. The molecule has 0 aliphatic carbocycles. The fraction of sp³-hybridized carbons (Fsp3) is 0.176. The molecular formula is C17H15NO3. The molecule has 1 heterocycles. The van der Waals surface area contributed by atoms with Crippen LogP contribution in [0.3, 0.4) is 0 Å². The van der Waals surface area contributed by atoms with Crippen LogP contribution in [-0.4, -0.2) is 25.4 Å². The van der Waals surface area contributed by atoms with Crippen LogP contribution in [0.5, 0.6) is 0 Å². The number of hydrogen-bond acceptors (Lipinski definition) is 3. The zero-order chi connectivity index (χ0) is 14.8. The molecule has 1 atom stereocenters. The third-order valence-electron chi connectivity index (χ3n) is 3.62. The second-order valence-corrected chi connectivity index (χ2v) is 4.95. The maximum absolute atomic E-state index is 12.5. The van der Waals surface area contributed by atoms with Crippen LogP contribution in [0.25, 0.3) is 11.1 Å². The molecule has 0 spiro atoms. The summed E-state index contributed by atoms with van der Waals surface area (Å²) >= 11 is 0. The van der Waals surface area contributed by atoms with Gasteiger partial charge in [-0.25, -0.2) is 0 Å². The molecule has 0 fully saturated rings. The van der Waals surface area contributed by atoms with Crippen LogP contribution in [0.2, 0.25) is 0 Å². The normalized spacial score (nSPS) is 16.4. The lowest BCUT2D eigenvalue weighted by Gasteiger charge is -2.14. The van der Waals surface area contributed by atoms with E-state index in [4.69, 9.17) is 4.74 Å². The molecule has 1 amide bonds. The first-order chi connectivity index (χ1) is 10.2. The molecule has 2 aromatic carbocycles. The zero-order valence-electron chi connectivity index (χ0n) is 11.6. The van der Waals surface area contributed by atoms with Gasteiger partial charge in [0.15, 0.2) is 5.78 Å². The summed E-state index contributed by atoms with van der Waals surface area (Å²) in [7, 11) is 1.45. The Labute approximate surface area is 122 Å². The molecule has 1 aliphatic heterocycles. The van der Waals surface area contributed by atoms with E-state index in [-0.39, 0.29) is 18.3 Å². The number of anilines is 1. The number of ketones is 1. The zero-order valence-corrected chi connectivity index (χ0v) is 11.6. The third kappa shape index (κ3) is 2.34. The highest BCUT2D eigenvalue weighted by atomic mass is 16.5. The molecule has 2 aromatic rings. The van der Waals surface area contributed by atoms with E-state index in [1.54, 1.807) is 0 Å². The summed E-state index contributed by atoms with van der Waals surface area (Å²) in [4.78, 5) is 24.8. The number of hydrogen-bond donors (Lipinski definition) is 1. The maximum Gasteiger partial charge on any atom is 0.239 e. The van der Waals surface area contributed by atoms with E-state index in [2.05, 4.69) is 5.32 Å². The van der Waals surface area contributed by atoms with Crippen molar-refractivity contribution < 1.29 is 14.3 Å². The number of nitrogens with one attached hydrogen (secondary N) is 1. The molecule has 1 aliphatic rings. The van der Waals surface area contributed by atoms with Gasteiger partial charge in [0.2, 0.25) is 5.91 Å². The topological polar surface area (TPSA) is 55.4 Å². The van der Waals surface area contributed by atoms with Crippen molar-refractivity contribution in [3.8, 4) is 11.1 Å². The van der Waals surface area contributed by atoms with Crippen molar-refractivity contribution in [1.82, 2.24) is 0 Å². The Balaban J connectivity index is 2.20. The van der Waals surface area contributed by atoms with E-state index in [1.165, 1.54) is 7.11 Å². The summed E-state index contributed by atoms with van der Waals surface area (Å²) in [5.74, 6) is -1.39.